The Kier molecular flexibility index (Phi) is 6.64. The molecule has 0 bridgehead atoms. The predicted molar refractivity (Wildman–Crippen MR) is 133 cm³/mol. The summed E-state index contributed by atoms with van der Waals surface area (Å²) in [6, 6.07) is 12.8. The molecule has 0 amide bonds. The lowest BCUT2D eigenvalue weighted by atomic mass is 9.80. The fourth-order valence-corrected chi connectivity index (χ4v) is 5.10. The molecule has 2 aromatic heterocycles. The minimum absolute atomic E-state index is 0.0554. The summed E-state index contributed by atoms with van der Waals surface area (Å²) in [5.41, 5.74) is 4.19. The van der Waals surface area contributed by atoms with Gasteiger partial charge in [-0.1, -0.05) is 58.9 Å². The maximum atomic E-state index is 9.86. The van der Waals surface area contributed by atoms with Gasteiger partial charge in [-0.25, -0.2) is 9.50 Å². The van der Waals surface area contributed by atoms with Crippen LogP contribution in [0, 0.1) is 16.7 Å². The summed E-state index contributed by atoms with van der Waals surface area (Å²) in [4.78, 5) is 4.90. The zero-order valence-corrected chi connectivity index (χ0v) is 22.0. The number of hydrogen-bond acceptors (Lipinski definition) is 4. The molecule has 6 heteroatoms. The average Bonchev–Trinajstić information content (AvgIpc) is 3.15. The summed E-state index contributed by atoms with van der Waals surface area (Å²) in [7, 11) is -1.29. The van der Waals surface area contributed by atoms with E-state index in [0.717, 1.165) is 33.7 Å². The van der Waals surface area contributed by atoms with Gasteiger partial charge in [0.1, 0.15) is 0 Å². The third-order valence-electron chi connectivity index (χ3n) is 5.65. The molecule has 3 aromatic rings. The van der Waals surface area contributed by atoms with Crippen molar-refractivity contribution in [3.63, 3.8) is 0 Å². The molecule has 170 valence electrons. The molecule has 0 spiro atoms. The number of nitriles is 1. The summed E-state index contributed by atoms with van der Waals surface area (Å²) in [5.74, 6) is 1.03. The molecule has 5 nitrogen and oxygen atoms in total. The van der Waals surface area contributed by atoms with E-state index < -0.39 is 14.5 Å². The van der Waals surface area contributed by atoms with Gasteiger partial charge in [0, 0.05) is 17.7 Å². The molecule has 0 saturated heterocycles. The Balaban J connectivity index is 2.37. The van der Waals surface area contributed by atoms with Crippen molar-refractivity contribution in [3.05, 3.63) is 53.5 Å². The van der Waals surface area contributed by atoms with Crippen LogP contribution in [0.5, 0.6) is 0 Å². The lowest BCUT2D eigenvalue weighted by Crippen LogP contribution is -2.26. The Labute approximate surface area is 194 Å². The second kappa shape index (κ2) is 8.80. The highest BCUT2D eigenvalue weighted by Gasteiger charge is 2.31. The van der Waals surface area contributed by atoms with E-state index in [0.29, 0.717) is 0 Å². The summed E-state index contributed by atoms with van der Waals surface area (Å²) in [6.07, 6.45) is 2.02. The lowest BCUT2D eigenvalue weighted by Gasteiger charge is -2.33. The number of benzene rings is 1. The van der Waals surface area contributed by atoms with Gasteiger partial charge >= 0.3 is 0 Å². The molecule has 0 N–H and O–H groups in total. The van der Waals surface area contributed by atoms with Crippen molar-refractivity contribution in [1.29, 1.82) is 5.26 Å². The highest BCUT2D eigenvalue weighted by Crippen LogP contribution is 2.41. The SMILES string of the molecule is CC(C)c1nc2c(-c3ccccc3C(C)(C)C#N)cc(C(O[SiH](C)C)C(C)(C)C)cn2n1. The van der Waals surface area contributed by atoms with Crippen LogP contribution in [-0.2, 0) is 9.84 Å². The number of rotatable bonds is 6. The van der Waals surface area contributed by atoms with Gasteiger partial charge in [-0.05, 0) is 55.1 Å². The first-order valence-corrected chi connectivity index (χ1v) is 14.2. The normalized spacial score (nSPS) is 13.7. The van der Waals surface area contributed by atoms with Crippen molar-refractivity contribution in [2.75, 3.05) is 0 Å². The third-order valence-corrected chi connectivity index (χ3v) is 6.47. The summed E-state index contributed by atoms with van der Waals surface area (Å²) in [5, 5.41) is 14.7. The maximum Gasteiger partial charge on any atom is 0.171 e. The van der Waals surface area contributed by atoms with Crippen LogP contribution in [0.4, 0.5) is 0 Å². The predicted octanol–water partition coefficient (Wildman–Crippen LogP) is 6.41. The van der Waals surface area contributed by atoms with Crippen LogP contribution in [0.3, 0.4) is 0 Å². The zero-order chi connectivity index (χ0) is 23.8. The molecule has 32 heavy (non-hydrogen) atoms. The molecule has 0 aliphatic rings. The van der Waals surface area contributed by atoms with E-state index in [9.17, 15) is 5.26 Å². The molecule has 0 fully saturated rings. The van der Waals surface area contributed by atoms with E-state index in [4.69, 9.17) is 14.5 Å². The second-order valence-corrected chi connectivity index (χ2v) is 13.2. The van der Waals surface area contributed by atoms with Gasteiger partial charge in [-0.2, -0.15) is 10.4 Å². The molecule has 1 unspecified atom stereocenters. The minimum Gasteiger partial charge on any atom is -0.413 e. The van der Waals surface area contributed by atoms with Crippen molar-refractivity contribution in [2.45, 2.75) is 79.0 Å². The first-order chi connectivity index (χ1) is 14.8. The molecular formula is C26H36N4OSi. The third kappa shape index (κ3) is 4.79. The van der Waals surface area contributed by atoms with Gasteiger partial charge in [0.2, 0.25) is 0 Å². The van der Waals surface area contributed by atoms with Crippen LogP contribution in [0.25, 0.3) is 16.8 Å². The van der Waals surface area contributed by atoms with Crippen molar-refractivity contribution < 1.29 is 4.43 Å². The Bertz CT molecular complexity index is 1150. The van der Waals surface area contributed by atoms with Gasteiger partial charge in [0.05, 0.1) is 17.6 Å². The first-order valence-electron chi connectivity index (χ1n) is 11.4. The highest BCUT2D eigenvalue weighted by molar-refractivity contribution is 6.48. The van der Waals surface area contributed by atoms with Crippen molar-refractivity contribution in [3.8, 4) is 17.2 Å². The number of fused-ring (bicyclic) bond motifs is 1. The Morgan fingerprint density at radius 2 is 1.72 bits per heavy atom. The van der Waals surface area contributed by atoms with Crippen molar-refractivity contribution >= 4 is 14.7 Å². The fraction of sp³-hybridized carbons (Fsp3) is 0.500. The van der Waals surface area contributed by atoms with Crippen LogP contribution in [-0.4, -0.2) is 23.6 Å². The fourth-order valence-electron chi connectivity index (χ4n) is 3.99. The number of hydrogen-bond donors (Lipinski definition) is 0. The monoisotopic (exact) mass is 448 g/mol. The summed E-state index contributed by atoms with van der Waals surface area (Å²) in [6.45, 7) is 19.2. The summed E-state index contributed by atoms with van der Waals surface area (Å²) < 4.78 is 8.44. The molecule has 2 heterocycles. The molecular weight excluding hydrogens is 412 g/mol. The Hall–Kier alpha value is -2.49. The molecule has 0 aliphatic carbocycles. The zero-order valence-electron chi connectivity index (χ0n) is 20.9. The van der Waals surface area contributed by atoms with Gasteiger partial charge < -0.3 is 4.43 Å². The van der Waals surface area contributed by atoms with Gasteiger partial charge in [-0.3, -0.25) is 0 Å². The average molecular weight is 449 g/mol. The van der Waals surface area contributed by atoms with E-state index in [-0.39, 0.29) is 17.4 Å². The van der Waals surface area contributed by atoms with Crippen LogP contribution >= 0.6 is 0 Å². The Morgan fingerprint density at radius 1 is 1.06 bits per heavy atom. The highest BCUT2D eigenvalue weighted by atomic mass is 28.3. The largest absolute Gasteiger partial charge is 0.413 e. The topological polar surface area (TPSA) is 63.2 Å². The lowest BCUT2D eigenvalue weighted by molar-refractivity contribution is 0.0862. The molecule has 0 aliphatic heterocycles. The molecule has 1 aromatic carbocycles. The van der Waals surface area contributed by atoms with Crippen LogP contribution < -0.4 is 0 Å². The van der Waals surface area contributed by atoms with E-state index in [1.807, 2.05) is 36.6 Å². The van der Waals surface area contributed by atoms with Gasteiger partial charge in [0.15, 0.2) is 20.5 Å². The van der Waals surface area contributed by atoms with Gasteiger partial charge in [-0.15, -0.1) is 0 Å². The number of pyridine rings is 1. The van der Waals surface area contributed by atoms with Crippen molar-refractivity contribution in [2.24, 2.45) is 5.41 Å². The molecule has 0 radical (unpaired) electrons. The molecule has 1 atom stereocenters. The smallest absolute Gasteiger partial charge is 0.171 e. The van der Waals surface area contributed by atoms with Crippen LogP contribution in [0.15, 0.2) is 36.5 Å². The standard InChI is InChI=1S/C26H36N4OSi/c1-17(2)23-28-24-20(19-12-10-11-13-21(19)26(6,7)16-27)14-18(15-30(24)29-23)22(25(3,4)5)31-32(8)9/h10-15,17,22,32H,1-9H3. The van der Waals surface area contributed by atoms with E-state index in [1.54, 1.807) is 0 Å². The van der Waals surface area contributed by atoms with E-state index in [2.05, 4.69) is 72.1 Å². The molecule has 0 saturated carbocycles. The quantitative estimate of drug-likeness (QED) is 0.409. The van der Waals surface area contributed by atoms with Crippen LogP contribution in [0.2, 0.25) is 13.1 Å². The Morgan fingerprint density at radius 3 is 2.28 bits per heavy atom. The van der Waals surface area contributed by atoms with Gasteiger partial charge in [0.25, 0.3) is 0 Å². The van der Waals surface area contributed by atoms with Crippen LogP contribution in [0.1, 0.15) is 77.4 Å². The first kappa shape index (κ1) is 24.2. The van der Waals surface area contributed by atoms with Crippen molar-refractivity contribution in [1.82, 2.24) is 14.6 Å². The molecule has 3 rings (SSSR count). The second-order valence-electron chi connectivity index (χ2n) is 10.8. The number of aromatic nitrogens is 3. The van der Waals surface area contributed by atoms with E-state index in [1.165, 1.54) is 0 Å². The summed E-state index contributed by atoms with van der Waals surface area (Å²) >= 11 is 0. The number of nitrogens with zero attached hydrogens (tertiary/aromatic N) is 4. The minimum atomic E-state index is -1.29. The van der Waals surface area contributed by atoms with E-state index >= 15 is 0 Å². The maximum absolute atomic E-state index is 9.86.